The van der Waals surface area contributed by atoms with Crippen LogP contribution >= 0.6 is 0 Å². The highest BCUT2D eigenvalue weighted by Crippen LogP contribution is 2.37. The largest absolute Gasteiger partial charge is 0.508 e. The van der Waals surface area contributed by atoms with Gasteiger partial charge in [0.05, 0.1) is 42.5 Å². The molecule has 0 bridgehead atoms. The lowest BCUT2D eigenvalue weighted by molar-refractivity contribution is -0.333. The van der Waals surface area contributed by atoms with Gasteiger partial charge in [-0.3, -0.25) is 4.79 Å². The molecular weight excluding hydrogens is 913 g/mol. The predicted molar refractivity (Wildman–Crippen MR) is 255 cm³/mol. The first-order valence-corrected chi connectivity index (χ1v) is 23.9. The van der Waals surface area contributed by atoms with Gasteiger partial charge < -0.3 is 73.6 Å². The summed E-state index contributed by atoms with van der Waals surface area (Å²) in [6.07, 6.45) is -4.71. The van der Waals surface area contributed by atoms with Gasteiger partial charge in [0.1, 0.15) is 53.2 Å². The number of hydrogen-bond donors (Lipinski definition) is 7. The number of carbonyl (C=O) groups is 3. The number of methoxy groups -OCH3 is 1. The van der Waals surface area contributed by atoms with Crippen molar-refractivity contribution in [3.8, 4) is 11.5 Å². The fourth-order valence-corrected chi connectivity index (χ4v) is 8.52. The summed E-state index contributed by atoms with van der Waals surface area (Å²) < 4.78 is 47.5. The lowest BCUT2D eigenvalue weighted by Gasteiger charge is -2.47. The topological polar surface area (TPSA) is 267 Å². The minimum Gasteiger partial charge on any atom is -0.508 e. The molecule has 1 aromatic carbocycles. The van der Waals surface area contributed by atoms with Crippen LogP contribution in [0.25, 0.3) is 0 Å². The second kappa shape index (κ2) is 25.8. The third-order valence-corrected chi connectivity index (χ3v) is 12.8. The first-order valence-electron chi connectivity index (χ1n) is 23.9. The summed E-state index contributed by atoms with van der Waals surface area (Å²) in [5.41, 5.74) is 0.879. The predicted octanol–water partition coefficient (Wildman–Crippen LogP) is 4.93. The molecule has 70 heavy (non-hydrogen) atoms. The molecule has 392 valence electrons. The Hall–Kier alpha value is -4.47. The quantitative estimate of drug-likeness (QED) is 0.0785. The van der Waals surface area contributed by atoms with E-state index >= 15 is 0 Å². The van der Waals surface area contributed by atoms with Crippen molar-refractivity contribution >= 4 is 17.9 Å². The standard InChI is InChI=1S/C52H76O18/c1-13-32-23-35(54)24-37(56)39(32)49(62)67-44-31(9)65-51(45(63-12)42(44)59)64-25-34-17-15-16-18-36(55)28(6)22-33(14-2)43(29(7)21-27(5)19-20-38(30(8)53)66-48(34)61)68-50-41(58)40(57)46(52(10,11)70-50)69-47(60)26(3)4/h15-17,19,21-24,26,30-31,33,36,38,40-46,50-51,53-59H,13-14,18,20,25H2,1-12H3/b16-15+,27-19+,28-22+,29-21+,34-17+/t30-,31-,33+,36+,38+,40-,41+,42+,43+,44-,45+,46+,50-,51-/m1/s1. The third-order valence-electron chi connectivity index (χ3n) is 12.8. The number of aliphatic hydroxyl groups excluding tert-OH is 5. The fourth-order valence-electron chi connectivity index (χ4n) is 8.52. The summed E-state index contributed by atoms with van der Waals surface area (Å²) in [4.78, 5) is 39.8. The van der Waals surface area contributed by atoms with E-state index < -0.39 is 122 Å². The van der Waals surface area contributed by atoms with Gasteiger partial charge in [-0.2, -0.15) is 0 Å². The molecule has 0 amide bonds. The molecule has 0 saturated carbocycles. The lowest BCUT2D eigenvalue weighted by Crippen LogP contribution is -2.64. The van der Waals surface area contributed by atoms with Crippen LogP contribution in [0.4, 0.5) is 0 Å². The minimum atomic E-state index is -1.60. The van der Waals surface area contributed by atoms with Crippen LogP contribution in [-0.4, -0.2) is 153 Å². The highest BCUT2D eigenvalue weighted by atomic mass is 16.7. The molecule has 2 saturated heterocycles. The Labute approximate surface area is 411 Å². The van der Waals surface area contributed by atoms with Crippen molar-refractivity contribution in [2.24, 2.45) is 11.8 Å². The maximum atomic E-state index is 13.9. The normalized spacial score (nSPS) is 35.5. The Balaban J connectivity index is 1.60. The molecule has 1 aromatic rings. The highest BCUT2D eigenvalue weighted by molar-refractivity contribution is 5.94. The van der Waals surface area contributed by atoms with Crippen molar-refractivity contribution in [1.82, 2.24) is 0 Å². The summed E-state index contributed by atoms with van der Waals surface area (Å²) in [6.45, 7) is 18.3. The molecule has 14 atom stereocenters. The van der Waals surface area contributed by atoms with E-state index in [0.717, 1.165) is 6.07 Å². The molecule has 3 aliphatic heterocycles. The lowest BCUT2D eigenvalue weighted by atomic mass is 9.88. The second-order valence-electron chi connectivity index (χ2n) is 19.2. The maximum absolute atomic E-state index is 13.9. The number of allylic oxidation sites excluding steroid dienone is 4. The number of rotatable bonds is 13. The first kappa shape index (κ1) is 58.1. The summed E-state index contributed by atoms with van der Waals surface area (Å²) in [5.74, 6) is -3.95. The molecule has 4 rings (SSSR count). The van der Waals surface area contributed by atoms with Crippen molar-refractivity contribution in [2.75, 3.05) is 13.7 Å². The van der Waals surface area contributed by atoms with Crippen LogP contribution in [-0.2, 0) is 53.9 Å². The average molecular weight is 989 g/mol. The van der Waals surface area contributed by atoms with E-state index in [1.54, 1.807) is 59.8 Å². The van der Waals surface area contributed by atoms with Crippen LogP contribution < -0.4 is 0 Å². The molecule has 2 fully saturated rings. The van der Waals surface area contributed by atoms with Crippen molar-refractivity contribution in [3.63, 3.8) is 0 Å². The Kier molecular flexibility index (Phi) is 21.4. The summed E-state index contributed by atoms with van der Waals surface area (Å²) in [6, 6.07) is 2.34. The zero-order valence-electron chi connectivity index (χ0n) is 42.4. The van der Waals surface area contributed by atoms with Crippen molar-refractivity contribution in [1.29, 1.82) is 0 Å². The number of aromatic hydroxyl groups is 2. The Morgan fingerprint density at radius 3 is 2.21 bits per heavy atom. The Morgan fingerprint density at radius 2 is 1.60 bits per heavy atom. The number of hydrogen-bond acceptors (Lipinski definition) is 18. The molecule has 0 unspecified atom stereocenters. The number of benzene rings is 1. The van der Waals surface area contributed by atoms with Gasteiger partial charge in [-0.25, -0.2) is 9.59 Å². The van der Waals surface area contributed by atoms with Crippen LogP contribution in [0.1, 0.15) is 111 Å². The highest BCUT2D eigenvalue weighted by Gasteiger charge is 2.53. The third kappa shape index (κ3) is 14.8. The zero-order valence-corrected chi connectivity index (χ0v) is 42.4. The van der Waals surface area contributed by atoms with E-state index in [4.69, 9.17) is 37.9 Å². The summed E-state index contributed by atoms with van der Waals surface area (Å²) >= 11 is 0. The van der Waals surface area contributed by atoms with Gasteiger partial charge in [-0.1, -0.05) is 63.6 Å². The SMILES string of the molecule is CCc1cc(O)cc(O)c1C(=O)O[C@H]1[C@H](O)[C@H](OC)[C@H](OC/C2=C\C=C\C[C@H](O)/C(C)=C/[C@H](CC)[C@@H](O[C@@H]3OC(C)(C)[C@@H](OC(=O)C(C)C)[C@H](O)[C@@H]3O)/C(C)=C/C(C)=C/C[C@@H]([C@@H](C)O)OC2=O)O[C@@H]1C. The number of aliphatic hydroxyl groups is 5. The Bertz CT molecular complexity index is 2100. The van der Waals surface area contributed by atoms with Crippen molar-refractivity contribution in [3.05, 3.63) is 82.0 Å². The molecule has 18 nitrogen and oxygen atoms in total. The smallest absolute Gasteiger partial charge is 0.342 e. The summed E-state index contributed by atoms with van der Waals surface area (Å²) in [7, 11) is 1.29. The average Bonchev–Trinajstić information content (AvgIpc) is 3.28. The van der Waals surface area contributed by atoms with Crippen molar-refractivity contribution < 1.29 is 88.0 Å². The second-order valence-corrected chi connectivity index (χ2v) is 19.2. The van der Waals surface area contributed by atoms with Gasteiger partial charge in [-0.05, 0) is 96.6 Å². The van der Waals surface area contributed by atoms with Crippen LogP contribution in [0.5, 0.6) is 11.5 Å². The van der Waals surface area contributed by atoms with E-state index in [9.17, 15) is 50.1 Å². The van der Waals surface area contributed by atoms with Crippen LogP contribution in [0.15, 0.2) is 70.9 Å². The number of cyclic esters (lactones) is 1. The number of aryl methyl sites for hydroxylation is 1. The van der Waals surface area contributed by atoms with E-state index in [1.807, 2.05) is 32.9 Å². The van der Waals surface area contributed by atoms with Crippen LogP contribution in [0, 0.1) is 11.8 Å². The molecule has 0 spiro atoms. The van der Waals surface area contributed by atoms with Crippen LogP contribution in [0.2, 0.25) is 0 Å². The van der Waals surface area contributed by atoms with E-state index in [-0.39, 0.29) is 42.1 Å². The minimum absolute atomic E-state index is 0.0129. The molecule has 0 radical (unpaired) electrons. The number of ether oxygens (including phenoxy) is 8. The molecule has 3 aliphatic rings. The van der Waals surface area contributed by atoms with Gasteiger partial charge in [0.15, 0.2) is 24.8 Å². The van der Waals surface area contributed by atoms with Gasteiger partial charge in [0, 0.05) is 25.5 Å². The molecular formula is C52H76O18. The van der Waals surface area contributed by atoms with E-state index in [2.05, 4.69) is 0 Å². The zero-order chi connectivity index (χ0) is 52.4. The van der Waals surface area contributed by atoms with E-state index in [0.29, 0.717) is 28.7 Å². The fraction of sp³-hybridized carbons (Fsp3) is 0.635. The van der Waals surface area contributed by atoms with E-state index in [1.165, 1.54) is 33.1 Å². The molecule has 3 heterocycles. The molecule has 7 N–H and O–H groups in total. The van der Waals surface area contributed by atoms with Gasteiger partial charge in [-0.15, -0.1) is 0 Å². The van der Waals surface area contributed by atoms with Gasteiger partial charge in [0.25, 0.3) is 0 Å². The van der Waals surface area contributed by atoms with Crippen molar-refractivity contribution in [2.45, 2.75) is 187 Å². The first-order chi connectivity index (χ1) is 32.8. The summed E-state index contributed by atoms with van der Waals surface area (Å²) in [5, 5.41) is 76.6. The molecule has 0 aliphatic carbocycles. The maximum Gasteiger partial charge on any atom is 0.342 e. The molecule has 18 heteroatoms. The van der Waals surface area contributed by atoms with Crippen LogP contribution in [0.3, 0.4) is 0 Å². The Morgan fingerprint density at radius 1 is 0.914 bits per heavy atom. The number of esters is 3. The molecule has 0 aromatic heterocycles. The number of phenolic OH excluding ortho intramolecular Hbond substituents is 2. The van der Waals surface area contributed by atoms with Gasteiger partial charge in [0.2, 0.25) is 0 Å². The van der Waals surface area contributed by atoms with Gasteiger partial charge >= 0.3 is 17.9 Å². The monoisotopic (exact) mass is 989 g/mol. The number of carbonyl (C=O) groups excluding carboxylic acids is 3. The number of phenols is 2.